The quantitative estimate of drug-likeness (QED) is 0.267. The molecule has 2 unspecified atom stereocenters. The molecule has 1 aliphatic rings. The summed E-state index contributed by atoms with van der Waals surface area (Å²) in [6.07, 6.45) is 4.90. The highest BCUT2D eigenvalue weighted by atomic mass is 28.3. The lowest BCUT2D eigenvalue weighted by Crippen LogP contribution is -2.46. The number of nitrogens with two attached hydrogens (primary N) is 1. The molecule has 9 nitrogen and oxygen atoms in total. The Bertz CT molecular complexity index is 1270. The number of pyridine rings is 1. The van der Waals surface area contributed by atoms with Crippen molar-refractivity contribution in [1.82, 2.24) is 19.7 Å². The maximum Gasteiger partial charge on any atom is 0.314 e. The summed E-state index contributed by atoms with van der Waals surface area (Å²) < 4.78 is 7.52. The first-order valence-electron chi connectivity index (χ1n) is 12.9. The number of nitrogen functional groups attached to an aromatic ring is 1. The smallest absolute Gasteiger partial charge is 0.314 e. The zero-order valence-electron chi connectivity index (χ0n) is 22.5. The van der Waals surface area contributed by atoms with Gasteiger partial charge in [0.2, 0.25) is 0 Å². The first-order chi connectivity index (χ1) is 17.5. The monoisotopic (exact) mass is 522 g/mol. The second-order valence-corrected chi connectivity index (χ2v) is 17.0. The number of rotatable bonds is 7. The highest BCUT2D eigenvalue weighted by Gasteiger charge is 2.34. The van der Waals surface area contributed by atoms with Crippen LogP contribution in [0.15, 0.2) is 36.7 Å². The van der Waals surface area contributed by atoms with Gasteiger partial charge in [-0.15, -0.1) is 0 Å². The van der Waals surface area contributed by atoms with Crippen LogP contribution in [0.5, 0.6) is 0 Å². The van der Waals surface area contributed by atoms with Crippen molar-refractivity contribution >= 4 is 42.3 Å². The van der Waals surface area contributed by atoms with E-state index in [1.54, 1.807) is 15.8 Å². The van der Waals surface area contributed by atoms with Gasteiger partial charge in [0.25, 0.3) is 0 Å². The third kappa shape index (κ3) is 6.37. The molecule has 0 bridgehead atoms. The molecular formula is C27H38N6O3Si. The lowest BCUT2D eigenvalue weighted by Gasteiger charge is -2.38. The fourth-order valence-electron chi connectivity index (χ4n) is 4.66. The summed E-state index contributed by atoms with van der Waals surface area (Å²) in [7, 11) is -1.23. The van der Waals surface area contributed by atoms with Gasteiger partial charge in [-0.3, -0.25) is 9.59 Å². The van der Waals surface area contributed by atoms with Crippen molar-refractivity contribution in [3.8, 4) is 0 Å². The molecule has 1 saturated heterocycles. The summed E-state index contributed by atoms with van der Waals surface area (Å²) in [6, 6.07) is 9.07. The van der Waals surface area contributed by atoms with Crippen LogP contribution in [0.2, 0.25) is 25.7 Å². The van der Waals surface area contributed by atoms with Gasteiger partial charge in [0, 0.05) is 21.2 Å². The van der Waals surface area contributed by atoms with Gasteiger partial charge < -0.3 is 20.7 Å². The fourth-order valence-corrected chi connectivity index (χ4v) is 5.42. The van der Waals surface area contributed by atoms with E-state index in [-0.39, 0.29) is 12.8 Å². The van der Waals surface area contributed by atoms with Crippen LogP contribution in [0.4, 0.5) is 11.5 Å². The van der Waals surface area contributed by atoms with Gasteiger partial charge in [-0.25, -0.2) is 9.67 Å². The highest BCUT2D eigenvalue weighted by molar-refractivity contribution is 6.76. The molecule has 3 N–H and O–H groups in total. The molecule has 37 heavy (non-hydrogen) atoms. The molecule has 0 saturated carbocycles. The number of hydrogen-bond donors (Lipinski definition) is 2. The SMILES string of the molecule is Cc1ccc(C2CCC(C)CN2C(=O)C(=O)Nc2cnc(N)c3cnn(COCC[Si](C)(C)C)c23)cc1. The third-order valence-electron chi connectivity index (χ3n) is 6.90. The number of carbonyl (C=O) groups excluding carboxylic acids is 2. The number of aromatic nitrogens is 3. The van der Waals surface area contributed by atoms with E-state index in [0.29, 0.717) is 41.5 Å². The average molecular weight is 523 g/mol. The van der Waals surface area contributed by atoms with E-state index >= 15 is 0 Å². The second kappa shape index (κ2) is 11.0. The molecule has 1 aromatic carbocycles. The molecule has 0 aliphatic carbocycles. The van der Waals surface area contributed by atoms with Crippen LogP contribution in [-0.4, -0.2) is 52.7 Å². The van der Waals surface area contributed by atoms with Crippen LogP contribution >= 0.6 is 0 Å². The summed E-state index contributed by atoms with van der Waals surface area (Å²) in [6.45, 7) is 12.4. The maximum atomic E-state index is 13.5. The van der Waals surface area contributed by atoms with E-state index in [4.69, 9.17) is 10.5 Å². The molecule has 198 valence electrons. The highest BCUT2D eigenvalue weighted by Crippen LogP contribution is 2.34. The molecular weight excluding hydrogens is 484 g/mol. The Labute approximate surface area is 219 Å². The number of fused-ring (bicyclic) bond motifs is 1. The van der Waals surface area contributed by atoms with Crippen molar-refractivity contribution in [2.24, 2.45) is 5.92 Å². The van der Waals surface area contributed by atoms with E-state index in [1.807, 2.05) is 31.2 Å². The second-order valence-electron chi connectivity index (χ2n) is 11.3. The summed E-state index contributed by atoms with van der Waals surface area (Å²) >= 11 is 0. The zero-order chi connectivity index (χ0) is 26.7. The van der Waals surface area contributed by atoms with Crippen LogP contribution in [0.25, 0.3) is 10.9 Å². The third-order valence-corrected chi connectivity index (χ3v) is 8.60. The largest absolute Gasteiger partial charge is 0.383 e. The van der Waals surface area contributed by atoms with Crippen molar-refractivity contribution in [3.05, 3.63) is 47.8 Å². The van der Waals surface area contributed by atoms with Crippen molar-refractivity contribution in [2.45, 2.75) is 65.1 Å². The molecule has 1 aliphatic heterocycles. The lowest BCUT2D eigenvalue weighted by atomic mass is 9.89. The Morgan fingerprint density at radius 2 is 1.89 bits per heavy atom. The van der Waals surface area contributed by atoms with Gasteiger partial charge in [0.15, 0.2) is 0 Å². The number of anilines is 2. The number of benzene rings is 1. The summed E-state index contributed by atoms with van der Waals surface area (Å²) in [5.74, 6) is -0.638. The lowest BCUT2D eigenvalue weighted by molar-refractivity contribution is -0.146. The topological polar surface area (TPSA) is 115 Å². The van der Waals surface area contributed by atoms with Crippen molar-refractivity contribution in [2.75, 3.05) is 24.2 Å². The van der Waals surface area contributed by atoms with Crippen LogP contribution < -0.4 is 11.1 Å². The van der Waals surface area contributed by atoms with Gasteiger partial charge in [-0.05, 0) is 37.3 Å². The molecule has 4 rings (SSSR count). The number of nitrogens with one attached hydrogen (secondary N) is 1. The number of amides is 2. The average Bonchev–Trinajstić information content (AvgIpc) is 3.28. The Morgan fingerprint density at radius 1 is 1.16 bits per heavy atom. The van der Waals surface area contributed by atoms with E-state index in [1.165, 1.54) is 6.20 Å². The standard InChI is InChI=1S/C27H38N6O3Si/c1-18-6-9-20(10-7-18)23-11-8-19(2)16-32(23)27(35)26(34)31-22-15-29-25(28)21-14-30-33(24(21)22)17-36-12-13-37(3,4)5/h6-7,9-10,14-15,19,23H,8,11-13,16-17H2,1-5H3,(H2,28,29)(H,31,34). The molecule has 0 spiro atoms. The Kier molecular flexibility index (Phi) is 7.98. The van der Waals surface area contributed by atoms with Crippen LogP contribution in [-0.2, 0) is 21.1 Å². The van der Waals surface area contributed by atoms with Gasteiger partial charge in [-0.1, -0.05) is 56.4 Å². The number of nitrogens with zero attached hydrogens (tertiary/aromatic N) is 4. The molecule has 2 aromatic heterocycles. The number of aryl methyl sites for hydroxylation is 1. The molecule has 3 aromatic rings. The Morgan fingerprint density at radius 3 is 2.59 bits per heavy atom. The maximum absolute atomic E-state index is 13.5. The number of piperidine rings is 1. The van der Waals surface area contributed by atoms with Gasteiger partial charge in [-0.2, -0.15) is 5.10 Å². The molecule has 10 heteroatoms. The minimum absolute atomic E-state index is 0.134. The number of carbonyl (C=O) groups is 2. The van der Waals surface area contributed by atoms with E-state index < -0.39 is 19.9 Å². The van der Waals surface area contributed by atoms with Crippen molar-refractivity contribution in [1.29, 1.82) is 0 Å². The van der Waals surface area contributed by atoms with Crippen LogP contribution in [0.1, 0.15) is 36.9 Å². The Hall–Kier alpha value is -3.24. The number of ether oxygens (including phenoxy) is 1. The van der Waals surface area contributed by atoms with E-state index in [9.17, 15) is 9.59 Å². The van der Waals surface area contributed by atoms with Crippen LogP contribution in [0, 0.1) is 12.8 Å². The van der Waals surface area contributed by atoms with E-state index in [0.717, 1.165) is 30.0 Å². The first kappa shape index (κ1) is 26.8. The molecule has 2 amide bonds. The predicted molar refractivity (Wildman–Crippen MR) is 149 cm³/mol. The summed E-state index contributed by atoms with van der Waals surface area (Å²) in [5, 5.41) is 7.79. The first-order valence-corrected chi connectivity index (χ1v) is 16.6. The molecule has 3 heterocycles. The minimum atomic E-state index is -1.23. The zero-order valence-corrected chi connectivity index (χ0v) is 23.5. The predicted octanol–water partition coefficient (Wildman–Crippen LogP) is 4.57. The van der Waals surface area contributed by atoms with Crippen molar-refractivity contribution in [3.63, 3.8) is 0 Å². The van der Waals surface area contributed by atoms with Gasteiger partial charge >= 0.3 is 11.8 Å². The molecule has 1 fully saturated rings. The number of likely N-dealkylation sites (tertiary alicyclic amines) is 1. The molecule has 0 radical (unpaired) electrons. The van der Waals surface area contributed by atoms with Gasteiger partial charge in [0.05, 0.1) is 35.0 Å². The Balaban J connectivity index is 1.54. The van der Waals surface area contributed by atoms with E-state index in [2.05, 4.69) is 42.0 Å². The summed E-state index contributed by atoms with van der Waals surface area (Å²) in [4.78, 5) is 32.6. The normalized spacial score (nSPS) is 18.2. The molecule has 2 atom stereocenters. The number of hydrogen-bond acceptors (Lipinski definition) is 6. The minimum Gasteiger partial charge on any atom is -0.383 e. The summed E-state index contributed by atoms with van der Waals surface area (Å²) in [5.41, 5.74) is 9.25. The van der Waals surface area contributed by atoms with Crippen LogP contribution in [0.3, 0.4) is 0 Å². The van der Waals surface area contributed by atoms with Crippen molar-refractivity contribution < 1.29 is 14.3 Å². The van der Waals surface area contributed by atoms with Gasteiger partial charge in [0.1, 0.15) is 12.5 Å². The fraction of sp³-hybridized carbons (Fsp3) is 0.481.